The molecule has 1 saturated heterocycles. The number of carboxylic acids is 2. The van der Waals surface area contributed by atoms with Crippen LogP contribution in [0.15, 0.2) is 30.3 Å². The lowest BCUT2D eigenvalue weighted by molar-refractivity contribution is -0.167. The lowest BCUT2D eigenvalue weighted by Gasteiger charge is -2.45. The van der Waals surface area contributed by atoms with Crippen molar-refractivity contribution in [2.75, 3.05) is 0 Å². The summed E-state index contributed by atoms with van der Waals surface area (Å²) in [6.07, 6.45) is 8.05. The summed E-state index contributed by atoms with van der Waals surface area (Å²) in [5.41, 5.74) is 1.14. The summed E-state index contributed by atoms with van der Waals surface area (Å²) in [5.74, 6) is -4.54. The minimum absolute atomic E-state index is 0.0754. The molecule has 0 saturated carbocycles. The number of hydrazine groups is 1. The lowest BCUT2D eigenvalue weighted by atomic mass is 9.77. The van der Waals surface area contributed by atoms with Gasteiger partial charge in [-0.3, -0.25) is 19.8 Å². The van der Waals surface area contributed by atoms with Gasteiger partial charge in [-0.25, -0.2) is 0 Å². The Kier molecular flexibility index (Phi) is 12.3. The van der Waals surface area contributed by atoms with Gasteiger partial charge in [-0.2, -0.15) is 5.01 Å². The van der Waals surface area contributed by atoms with E-state index < -0.39 is 41.8 Å². The molecule has 1 aliphatic heterocycles. The van der Waals surface area contributed by atoms with E-state index in [1.54, 1.807) is 30.3 Å². The Morgan fingerprint density at radius 2 is 1.56 bits per heavy atom. The molecule has 0 aromatic heterocycles. The molecule has 1 amide bonds. The summed E-state index contributed by atoms with van der Waals surface area (Å²) in [7, 11) is 0. The van der Waals surface area contributed by atoms with Gasteiger partial charge >= 0.3 is 11.9 Å². The van der Waals surface area contributed by atoms with Crippen LogP contribution in [-0.4, -0.2) is 57.2 Å². The largest absolute Gasteiger partial charge is 0.481 e. The predicted molar refractivity (Wildman–Crippen MR) is 133 cm³/mol. The van der Waals surface area contributed by atoms with Crippen molar-refractivity contribution in [1.82, 2.24) is 10.4 Å². The number of carbonyl (C=O) groups is 5. The number of aliphatic carboxylic acids is 2. The van der Waals surface area contributed by atoms with E-state index in [1.807, 2.05) is 0 Å². The third-order valence-electron chi connectivity index (χ3n) is 6.97. The Balaban J connectivity index is 2.56. The molecular weight excluding hydrogens is 464 g/mol. The summed E-state index contributed by atoms with van der Waals surface area (Å²) in [5, 5.41) is 21.3. The van der Waals surface area contributed by atoms with Gasteiger partial charge in [-0.15, -0.1) is 0 Å². The maximum atomic E-state index is 13.0. The molecule has 1 fully saturated rings. The van der Waals surface area contributed by atoms with Crippen LogP contribution in [0, 0.1) is 5.92 Å². The van der Waals surface area contributed by atoms with Crippen LogP contribution in [0.25, 0.3) is 0 Å². The molecule has 9 heteroatoms. The predicted octanol–water partition coefficient (Wildman–Crippen LogP) is 3.55. The van der Waals surface area contributed by atoms with Crippen molar-refractivity contribution in [2.45, 2.75) is 95.1 Å². The number of carbonyl (C=O) groups excluding carboxylic acids is 3. The van der Waals surface area contributed by atoms with Crippen LogP contribution in [0.3, 0.4) is 0 Å². The van der Waals surface area contributed by atoms with Crippen LogP contribution < -0.4 is 5.43 Å². The summed E-state index contributed by atoms with van der Waals surface area (Å²) in [6.45, 7) is 0. The Morgan fingerprint density at radius 1 is 0.972 bits per heavy atom. The fraction of sp³-hybridized carbons (Fsp3) is 0.593. The normalized spacial score (nSPS) is 24.2. The first-order chi connectivity index (χ1) is 17.4. The number of aldehydes is 2. The Hall–Kier alpha value is -3.07. The van der Waals surface area contributed by atoms with Crippen molar-refractivity contribution >= 4 is 30.4 Å². The quantitative estimate of drug-likeness (QED) is 0.458. The number of rotatable bonds is 8. The lowest BCUT2D eigenvalue weighted by Crippen LogP contribution is -2.68. The molecule has 1 aliphatic rings. The Morgan fingerprint density at radius 3 is 2.08 bits per heavy atom. The molecule has 3 N–H and O–H groups in total. The molecule has 3 atom stereocenters. The van der Waals surface area contributed by atoms with Gasteiger partial charge in [-0.1, -0.05) is 81.7 Å². The standard InChI is InChI=1S/C27H38N2O7/c30-18-17-27(20-31)22(25(33)34)15-11-6-4-2-1-3-5-7-12-16-24(32)28-29(27)23(26(35)36)19-21-13-9-8-10-14-21/h8-10,13-14,18,20,22-23H,1-7,11-12,15-17,19H2,(H,28,32)(H,33,34)(H,35,36)/t22?,23-,27?/m0/s1. The first-order valence-electron chi connectivity index (χ1n) is 12.8. The van der Waals surface area contributed by atoms with Crippen molar-refractivity contribution < 1.29 is 34.2 Å². The molecule has 0 aliphatic carbocycles. The summed E-state index contributed by atoms with van der Waals surface area (Å²) in [6, 6.07) is 7.20. The van der Waals surface area contributed by atoms with Gasteiger partial charge in [0, 0.05) is 19.3 Å². The highest BCUT2D eigenvalue weighted by atomic mass is 16.4. The molecule has 1 aromatic rings. The van der Waals surface area contributed by atoms with E-state index >= 15 is 0 Å². The molecule has 1 aromatic carbocycles. The first kappa shape index (κ1) is 29.2. The third-order valence-corrected chi connectivity index (χ3v) is 6.97. The van der Waals surface area contributed by atoms with Crippen molar-refractivity contribution in [1.29, 1.82) is 0 Å². The van der Waals surface area contributed by atoms with Crippen LogP contribution in [-0.2, 0) is 30.4 Å². The van der Waals surface area contributed by atoms with Crippen LogP contribution in [0.4, 0.5) is 0 Å². The second kappa shape index (κ2) is 15.1. The number of nitrogens with zero attached hydrogens (tertiary/aromatic N) is 1. The summed E-state index contributed by atoms with van der Waals surface area (Å²) in [4.78, 5) is 62.4. The van der Waals surface area contributed by atoms with Gasteiger partial charge < -0.3 is 19.8 Å². The second-order valence-electron chi connectivity index (χ2n) is 9.54. The van der Waals surface area contributed by atoms with Gasteiger partial charge in [0.15, 0.2) is 0 Å². The maximum Gasteiger partial charge on any atom is 0.323 e. The highest BCUT2D eigenvalue weighted by molar-refractivity contribution is 5.85. The van der Waals surface area contributed by atoms with E-state index in [9.17, 15) is 34.2 Å². The molecular formula is C27H38N2O7. The van der Waals surface area contributed by atoms with Gasteiger partial charge in [-0.05, 0) is 18.4 Å². The number of amides is 1. The topological polar surface area (TPSA) is 141 Å². The third kappa shape index (κ3) is 8.26. The number of carboxylic acid groups (broad SMARTS) is 2. The van der Waals surface area contributed by atoms with Crippen molar-refractivity contribution in [2.24, 2.45) is 5.92 Å². The van der Waals surface area contributed by atoms with Gasteiger partial charge in [0.25, 0.3) is 0 Å². The van der Waals surface area contributed by atoms with Crippen LogP contribution in [0.2, 0.25) is 0 Å². The molecule has 36 heavy (non-hydrogen) atoms. The monoisotopic (exact) mass is 502 g/mol. The number of benzene rings is 1. The average Bonchev–Trinajstić information content (AvgIpc) is 2.85. The number of hydrogen-bond donors (Lipinski definition) is 3. The Labute approximate surface area is 212 Å². The van der Waals surface area contributed by atoms with E-state index in [2.05, 4.69) is 5.43 Å². The molecule has 9 nitrogen and oxygen atoms in total. The van der Waals surface area contributed by atoms with E-state index in [0.29, 0.717) is 31.0 Å². The zero-order valence-corrected chi connectivity index (χ0v) is 20.8. The second-order valence-corrected chi connectivity index (χ2v) is 9.54. The zero-order valence-electron chi connectivity index (χ0n) is 20.8. The van der Waals surface area contributed by atoms with Gasteiger partial charge in [0.05, 0.1) is 5.92 Å². The fourth-order valence-electron chi connectivity index (χ4n) is 4.98. The van der Waals surface area contributed by atoms with Crippen molar-refractivity contribution in [3.05, 3.63) is 35.9 Å². The smallest absolute Gasteiger partial charge is 0.323 e. The minimum Gasteiger partial charge on any atom is -0.481 e. The molecule has 0 spiro atoms. The number of nitrogens with one attached hydrogen (secondary N) is 1. The van der Waals surface area contributed by atoms with E-state index in [0.717, 1.165) is 50.0 Å². The van der Waals surface area contributed by atoms with E-state index in [-0.39, 0.29) is 19.3 Å². The summed E-state index contributed by atoms with van der Waals surface area (Å²) >= 11 is 0. The maximum absolute atomic E-state index is 13.0. The van der Waals surface area contributed by atoms with Crippen molar-refractivity contribution in [3.63, 3.8) is 0 Å². The van der Waals surface area contributed by atoms with Crippen LogP contribution in [0.1, 0.15) is 82.6 Å². The molecule has 1 heterocycles. The first-order valence-corrected chi connectivity index (χ1v) is 12.8. The molecule has 2 unspecified atom stereocenters. The van der Waals surface area contributed by atoms with E-state index in [1.165, 1.54) is 0 Å². The molecule has 0 bridgehead atoms. The van der Waals surface area contributed by atoms with Gasteiger partial charge in [0.1, 0.15) is 24.2 Å². The highest BCUT2D eigenvalue weighted by Gasteiger charge is 2.52. The average molecular weight is 503 g/mol. The van der Waals surface area contributed by atoms with Gasteiger partial charge in [0.2, 0.25) is 5.91 Å². The Bertz CT molecular complexity index is 876. The minimum atomic E-state index is -2.06. The van der Waals surface area contributed by atoms with Crippen LogP contribution >= 0.6 is 0 Å². The zero-order chi connectivity index (χ0) is 26.4. The SMILES string of the molecule is O=CCC1(C=O)C(C(=O)O)CCCCCCCCCCCC(=O)NN1[C@@H](Cc1ccccc1)C(=O)O. The van der Waals surface area contributed by atoms with Crippen LogP contribution in [0.5, 0.6) is 0 Å². The molecule has 198 valence electrons. The van der Waals surface area contributed by atoms with E-state index in [4.69, 9.17) is 0 Å². The van der Waals surface area contributed by atoms with Crippen molar-refractivity contribution in [3.8, 4) is 0 Å². The molecule has 2 rings (SSSR count). The molecule has 0 radical (unpaired) electrons. The summed E-state index contributed by atoms with van der Waals surface area (Å²) < 4.78 is 0. The fourth-order valence-corrected chi connectivity index (χ4v) is 4.98. The highest BCUT2D eigenvalue weighted by Crippen LogP contribution is 2.33. The number of hydrogen-bond acceptors (Lipinski definition) is 6.